The molecule has 3 aromatic rings. The van der Waals surface area contributed by atoms with Crippen LogP contribution in [0.1, 0.15) is 5.56 Å². The minimum atomic E-state index is 0.455. The van der Waals surface area contributed by atoms with Gasteiger partial charge in [-0.2, -0.15) is 5.10 Å². The minimum absolute atomic E-state index is 0.455. The zero-order valence-corrected chi connectivity index (χ0v) is 16.3. The number of anilines is 2. The molecule has 5 nitrogen and oxygen atoms in total. The van der Waals surface area contributed by atoms with Crippen molar-refractivity contribution in [3.05, 3.63) is 72.3 Å². The standard InChI is InChI=1S/C22H22N4OS/c28-22(24-20-8-7-18-3-1-2-4-19(18)15-20)25-23-16-17-5-9-21(10-6-17)26-11-13-27-14-12-26/h1-10,15-16H,11-14H2,(H2,24,25,28)/b23-16+. The number of nitrogens with zero attached hydrogens (tertiary/aromatic N) is 2. The number of nitrogens with one attached hydrogen (secondary N) is 2. The third kappa shape index (κ3) is 4.65. The Morgan fingerprint density at radius 3 is 2.50 bits per heavy atom. The largest absolute Gasteiger partial charge is 0.378 e. The number of hydrogen-bond donors (Lipinski definition) is 2. The highest BCUT2D eigenvalue weighted by Gasteiger charge is 2.10. The van der Waals surface area contributed by atoms with E-state index >= 15 is 0 Å². The van der Waals surface area contributed by atoms with Gasteiger partial charge in [-0.3, -0.25) is 5.43 Å². The molecule has 0 bridgehead atoms. The van der Waals surface area contributed by atoms with Crippen LogP contribution in [0.2, 0.25) is 0 Å². The molecule has 1 aliphatic rings. The molecule has 0 spiro atoms. The van der Waals surface area contributed by atoms with Crippen LogP contribution in [-0.4, -0.2) is 37.6 Å². The summed E-state index contributed by atoms with van der Waals surface area (Å²) >= 11 is 5.33. The molecule has 0 radical (unpaired) electrons. The molecule has 0 atom stereocenters. The topological polar surface area (TPSA) is 48.9 Å². The summed E-state index contributed by atoms with van der Waals surface area (Å²) in [5.74, 6) is 0. The van der Waals surface area contributed by atoms with E-state index < -0.39 is 0 Å². The first kappa shape index (κ1) is 18.4. The first-order valence-electron chi connectivity index (χ1n) is 9.29. The molecule has 0 saturated carbocycles. The van der Waals surface area contributed by atoms with E-state index in [2.05, 4.69) is 69.3 Å². The summed E-state index contributed by atoms with van der Waals surface area (Å²) in [6, 6.07) is 22.7. The predicted octanol–water partition coefficient (Wildman–Crippen LogP) is 4.00. The molecule has 1 heterocycles. The molecule has 6 heteroatoms. The van der Waals surface area contributed by atoms with Crippen molar-refractivity contribution in [1.29, 1.82) is 0 Å². The van der Waals surface area contributed by atoms with Crippen molar-refractivity contribution in [2.45, 2.75) is 0 Å². The lowest BCUT2D eigenvalue weighted by atomic mass is 10.1. The molecule has 0 unspecified atom stereocenters. The Balaban J connectivity index is 1.31. The summed E-state index contributed by atoms with van der Waals surface area (Å²) in [7, 11) is 0. The lowest BCUT2D eigenvalue weighted by Crippen LogP contribution is -2.36. The lowest BCUT2D eigenvalue weighted by molar-refractivity contribution is 0.122. The summed E-state index contributed by atoms with van der Waals surface area (Å²) in [5, 5.41) is 10.2. The van der Waals surface area contributed by atoms with Crippen molar-refractivity contribution in [2.24, 2.45) is 5.10 Å². The number of thiocarbonyl (C=S) groups is 1. The van der Waals surface area contributed by atoms with Crippen molar-refractivity contribution >= 4 is 45.7 Å². The Morgan fingerprint density at radius 2 is 1.71 bits per heavy atom. The summed E-state index contributed by atoms with van der Waals surface area (Å²) in [6.45, 7) is 3.44. The molecule has 142 valence electrons. The van der Waals surface area contributed by atoms with Crippen molar-refractivity contribution in [1.82, 2.24) is 5.43 Å². The van der Waals surface area contributed by atoms with Crippen molar-refractivity contribution in [3.63, 3.8) is 0 Å². The molecule has 1 saturated heterocycles. The van der Waals surface area contributed by atoms with Gasteiger partial charge in [0.05, 0.1) is 19.4 Å². The molecule has 1 fully saturated rings. The van der Waals surface area contributed by atoms with Crippen LogP contribution < -0.4 is 15.6 Å². The summed E-state index contributed by atoms with van der Waals surface area (Å²) < 4.78 is 5.39. The molecule has 0 amide bonds. The molecule has 4 rings (SSSR count). The van der Waals surface area contributed by atoms with Gasteiger partial charge in [0.2, 0.25) is 0 Å². The molecule has 0 aromatic heterocycles. The van der Waals surface area contributed by atoms with E-state index in [0.29, 0.717) is 5.11 Å². The maximum Gasteiger partial charge on any atom is 0.191 e. The maximum absolute atomic E-state index is 5.39. The Morgan fingerprint density at radius 1 is 0.964 bits per heavy atom. The molecule has 0 aliphatic carbocycles. The lowest BCUT2D eigenvalue weighted by Gasteiger charge is -2.28. The van der Waals surface area contributed by atoms with E-state index in [4.69, 9.17) is 17.0 Å². The number of hydrogen-bond acceptors (Lipinski definition) is 4. The van der Waals surface area contributed by atoms with Gasteiger partial charge in [-0.25, -0.2) is 0 Å². The Hall–Kier alpha value is -2.96. The van der Waals surface area contributed by atoms with Gasteiger partial charge in [-0.1, -0.05) is 42.5 Å². The van der Waals surface area contributed by atoms with Crippen LogP contribution in [0.5, 0.6) is 0 Å². The first-order valence-corrected chi connectivity index (χ1v) is 9.70. The van der Waals surface area contributed by atoms with Crippen LogP contribution in [0.4, 0.5) is 11.4 Å². The third-order valence-electron chi connectivity index (χ3n) is 4.66. The highest BCUT2D eigenvalue weighted by atomic mass is 32.1. The molecule has 1 aliphatic heterocycles. The van der Waals surface area contributed by atoms with Crippen LogP contribution in [0, 0.1) is 0 Å². The number of benzene rings is 3. The first-order chi connectivity index (χ1) is 13.8. The van der Waals surface area contributed by atoms with E-state index in [1.54, 1.807) is 6.21 Å². The Bertz CT molecular complexity index is 981. The molecule has 28 heavy (non-hydrogen) atoms. The number of ether oxygens (including phenoxy) is 1. The van der Waals surface area contributed by atoms with Gasteiger partial charge >= 0.3 is 0 Å². The highest BCUT2D eigenvalue weighted by Crippen LogP contribution is 2.19. The zero-order valence-electron chi connectivity index (χ0n) is 15.5. The minimum Gasteiger partial charge on any atom is -0.378 e. The fraction of sp³-hybridized carbons (Fsp3) is 0.182. The molecular formula is C22H22N4OS. The Kier molecular flexibility index (Phi) is 5.80. The van der Waals surface area contributed by atoms with Gasteiger partial charge in [-0.05, 0) is 52.8 Å². The average molecular weight is 391 g/mol. The van der Waals surface area contributed by atoms with Gasteiger partial charge < -0.3 is 15.0 Å². The quantitative estimate of drug-likeness (QED) is 0.401. The SMILES string of the molecule is S=C(N/N=C/c1ccc(N2CCOCC2)cc1)Nc1ccc2ccccc2c1. The van der Waals surface area contributed by atoms with Crippen molar-refractivity contribution < 1.29 is 4.74 Å². The van der Waals surface area contributed by atoms with Crippen molar-refractivity contribution in [2.75, 3.05) is 36.5 Å². The van der Waals surface area contributed by atoms with E-state index in [9.17, 15) is 0 Å². The van der Waals surface area contributed by atoms with Crippen LogP contribution in [0.15, 0.2) is 71.8 Å². The van der Waals surface area contributed by atoms with E-state index in [0.717, 1.165) is 37.6 Å². The van der Waals surface area contributed by atoms with E-state index in [1.807, 2.05) is 18.2 Å². The van der Waals surface area contributed by atoms with Crippen LogP contribution in [0.25, 0.3) is 10.8 Å². The van der Waals surface area contributed by atoms with Gasteiger partial charge in [0.1, 0.15) is 0 Å². The average Bonchev–Trinajstić information content (AvgIpc) is 2.75. The monoisotopic (exact) mass is 390 g/mol. The number of hydrazone groups is 1. The Labute approximate surface area is 170 Å². The molecular weight excluding hydrogens is 368 g/mol. The summed E-state index contributed by atoms with van der Waals surface area (Å²) in [5.41, 5.74) is 6.02. The summed E-state index contributed by atoms with van der Waals surface area (Å²) in [6.07, 6.45) is 1.76. The fourth-order valence-electron chi connectivity index (χ4n) is 3.18. The second kappa shape index (κ2) is 8.82. The molecule has 2 N–H and O–H groups in total. The van der Waals surface area contributed by atoms with Gasteiger partial charge in [0.25, 0.3) is 0 Å². The van der Waals surface area contributed by atoms with Crippen molar-refractivity contribution in [3.8, 4) is 0 Å². The number of rotatable bonds is 4. The maximum atomic E-state index is 5.39. The smallest absolute Gasteiger partial charge is 0.191 e. The predicted molar refractivity (Wildman–Crippen MR) is 120 cm³/mol. The normalized spacial score (nSPS) is 14.4. The number of fused-ring (bicyclic) bond motifs is 1. The highest BCUT2D eigenvalue weighted by molar-refractivity contribution is 7.80. The van der Waals surface area contributed by atoms with Crippen LogP contribution in [-0.2, 0) is 4.74 Å². The van der Waals surface area contributed by atoms with E-state index in [-0.39, 0.29) is 0 Å². The second-order valence-corrected chi connectivity index (χ2v) is 6.99. The molecule has 3 aromatic carbocycles. The van der Waals surface area contributed by atoms with Gasteiger partial charge in [-0.15, -0.1) is 0 Å². The zero-order chi connectivity index (χ0) is 19.2. The van der Waals surface area contributed by atoms with Gasteiger partial charge in [0.15, 0.2) is 5.11 Å². The fourth-order valence-corrected chi connectivity index (χ4v) is 3.35. The van der Waals surface area contributed by atoms with Crippen LogP contribution in [0.3, 0.4) is 0 Å². The second-order valence-electron chi connectivity index (χ2n) is 6.58. The van der Waals surface area contributed by atoms with Crippen LogP contribution >= 0.6 is 12.2 Å². The summed E-state index contributed by atoms with van der Waals surface area (Å²) in [4.78, 5) is 2.32. The van der Waals surface area contributed by atoms with Gasteiger partial charge in [0, 0.05) is 24.5 Å². The third-order valence-corrected chi connectivity index (χ3v) is 4.85. The van der Waals surface area contributed by atoms with E-state index in [1.165, 1.54) is 16.5 Å². The number of morpholine rings is 1.